The van der Waals surface area contributed by atoms with Gasteiger partial charge in [-0.25, -0.2) is 4.98 Å². The number of halogens is 1. The molecule has 0 saturated heterocycles. The molecule has 4 rings (SSSR count). The summed E-state index contributed by atoms with van der Waals surface area (Å²) in [7, 11) is 0.782. The summed E-state index contributed by atoms with van der Waals surface area (Å²) < 4.78 is 0. The lowest BCUT2D eigenvalue weighted by molar-refractivity contribution is 1.40. The van der Waals surface area contributed by atoms with E-state index in [-0.39, 0.29) is 0 Å². The van der Waals surface area contributed by atoms with Crippen molar-refractivity contribution in [2.75, 3.05) is 6.66 Å². The van der Waals surface area contributed by atoms with Crippen molar-refractivity contribution in [2.24, 2.45) is 0 Å². The van der Waals surface area contributed by atoms with Crippen LogP contribution < -0.4 is 5.30 Å². The van der Waals surface area contributed by atoms with E-state index in [0.717, 1.165) is 41.3 Å². The van der Waals surface area contributed by atoms with E-state index in [4.69, 9.17) is 16.6 Å². The van der Waals surface area contributed by atoms with Gasteiger partial charge in [-0.2, -0.15) is 0 Å². The molecule has 4 aromatic rings. The highest BCUT2D eigenvalue weighted by atomic mass is 35.5. The van der Waals surface area contributed by atoms with Gasteiger partial charge in [0.2, 0.25) is 0 Å². The Labute approximate surface area is 135 Å². The molecule has 0 aliphatic heterocycles. The van der Waals surface area contributed by atoms with Gasteiger partial charge in [0.1, 0.15) is 0 Å². The second kappa shape index (κ2) is 5.39. The van der Waals surface area contributed by atoms with Crippen LogP contribution in [-0.2, 0) is 0 Å². The maximum absolute atomic E-state index is 6.44. The Hall–Kier alpha value is -1.89. The zero-order valence-electron chi connectivity index (χ0n) is 12.0. The highest BCUT2D eigenvalue weighted by molar-refractivity contribution is 7.46. The molecule has 0 aliphatic carbocycles. The van der Waals surface area contributed by atoms with Crippen LogP contribution in [0.5, 0.6) is 0 Å². The van der Waals surface area contributed by atoms with Crippen LogP contribution in [0.1, 0.15) is 0 Å². The molecule has 22 heavy (non-hydrogen) atoms. The Bertz CT molecular complexity index is 991. The molecule has 2 heterocycles. The normalized spacial score (nSPS) is 11.9. The number of nitrogens with one attached hydrogen (secondary N) is 1. The first kappa shape index (κ1) is 13.8. The highest BCUT2D eigenvalue weighted by Crippen LogP contribution is 2.32. The number of rotatable bonds is 2. The maximum Gasteiger partial charge on any atom is 0.0746 e. The van der Waals surface area contributed by atoms with Crippen molar-refractivity contribution in [3.63, 3.8) is 0 Å². The molecule has 0 spiro atoms. The first-order chi connectivity index (χ1) is 10.8. The molecule has 2 nitrogen and oxygen atoms in total. The lowest BCUT2D eigenvalue weighted by atomic mass is 10.1. The summed E-state index contributed by atoms with van der Waals surface area (Å²) >= 11 is 6.44. The number of nitrogens with zero attached hydrogens (tertiary/aromatic N) is 1. The molecule has 1 N–H and O–H groups in total. The minimum Gasteiger partial charge on any atom is -0.360 e. The lowest BCUT2D eigenvalue weighted by Crippen LogP contribution is -1.92. The quantitative estimate of drug-likeness (QED) is 0.518. The minimum absolute atomic E-state index is 0.739. The number of pyridine rings is 1. The molecule has 0 bridgehead atoms. The van der Waals surface area contributed by atoms with Gasteiger partial charge in [0.25, 0.3) is 0 Å². The van der Waals surface area contributed by atoms with Crippen molar-refractivity contribution in [1.29, 1.82) is 0 Å². The molecule has 0 fully saturated rings. The van der Waals surface area contributed by atoms with Gasteiger partial charge in [0.05, 0.1) is 16.2 Å². The van der Waals surface area contributed by atoms with Crippen LogP contribution in [0.4, 0.5) is 0 Å². The Morgan fingerprint density at radius 3 is 2.77 bits per heavy atom. The Morgan fingerprint density at radius 2 is 1.91 bits per heavy atom. The predicted molar refractivity (Wildman–Crippen MR) is 97.9 cm³/mol. The minimum atomic E-state index is 0.739. The third-order valence-electron chi connectivity index (χ3n) is 3.91. The molecule has 0 amide bonds. The number of fused-ring (bicyclic) bond motifs is 2. The van der Waals surface area contributed by atoms with Crippen LogP contribution in [0.15, 0.2) is 54.7 Å². The van der Waals surface area contributed by atoms with Crippen LogP contribution in [0, 0.1) is 0 Å². The van der Waals surface area contributed by atoms with Crippen molar-refractivity contribution < 1.29 is 0 Å². The van der Waals surface area contributed by atoms with Gasteiger partial charge < -0.3 is 4.98 Å². The van der Waals surface area contributed by atoms with Crippen LogP contribution in [0.2, 0.25) is 5.02 Å². The number of aromatic nitrogens is 2. The van der Waals surface area contributed by atoms with Crippen molar-refractivity contribution in [2.45, 2.75) is 0 Å². The Morgan fingerprint density at radius 1 is 1.05 bits per heavy atom. The average molecular weight is 325 g/mol. The summed E-state index contributed by atoms with van der Waals surface area (Å²) in [5.74, 6) is 0. The zero-order chi connectivity index (χ0) is 15.1. The zero-order valence-corrected chi connectivity index (χ0v) is 13.8. The largest absolute Gasteiger partial charge is 0.360 e. The van der Waals surface area contributed by atoms with Crippen LogP contribution in [0.3, 0.4) is 0 Å². The van der Waals surface area contributed by atoms with Crippen molar-refractivity contribution in [3.8, 4) is 11.3 Å². The molecule has 0 radical (unpaired) electrons. The first-order valence-corrected chi connectivity index (χ1v) is 8.98. The SMILES string of the molecule is CPc1ccc2[nH]cc(-c3cc(Cl)c4ccccc4n3)c2c1. The van der Waals surface area contributed by atoms with E-state index >= 15 is 0 Å². The topological polar surface area (TPSA) is 28.7 Å². The van der Waals surface area contributed by atoms with E-state index in [0.29, 0.717) is 0 Å². The summed E-state index contributed by atoms with van der Waals surface area (Å²) in [6, 6.07) is 16.5. The van der Waals surface area contributed by atoms with E-state index in [1.807, 2.05) is 36.5 Å². The van der Waals surface area contributed by atoms with E-state index in [1.54, 1.807) is 0 Å². The fourth-order valence-electron chi connectivity index (χ4n) is 2.76. The summed E-state index contributed by atoms with van der Waals surface area (Å²) in [6.07, 6.45) is 2.01. The smallest absolute Gasteiger partial charge is 0.0746 e. The van der Waals surface area contributed by atoms with E-state index in [2.05, 4.69) is 29.8 Å². The molecule has 2 aromatic carbocycles. The van der Waals surface area contributed by atoms with Crippen LogP contribution >= 0.6 is 20.2 Å². The summed E-state index contributed by atoms with van der Waals surface area (Å²) in [6.45, 7) is 2.19. The van der Waals surface area contributed by atoms with Crippen molar-refractivity contribution >= 4 is 47.3 Å². The molecular weight excluding hydrogens is 311 g/mol. The van der Waals surface area contributed by atoms with E-state index < -0.39 is 0 Å². The third-order valence-corrected chi connectivity index (χ3v) is 5.11. The van der Waals surface area contributed by atoms with Gasteiger partial charge in [-0.15, -0.1) is 0 Å². The molecule has 4 heteroatoms. The predicted octanol–water partition coefficient (Wildman–Crippen LogP) is 4.97. The Kier molecular flexibility index (Phi) is 3.37. The van der Waals surface area contributed by atoms with Gasteiger partial charge in [-0.1, -0.05) is 44.4 Å². The second-order valence-electron chi connectivity index (χ2n) is 5.22. The Balaban J connectivity index is 1.98. The number of para-hydroxylation sites is 1. The van der Waals surface area contributed by atoms with E-state index in [1.165, 1.54) is 10.7 Å². The van der Waals surface area contributed by atoms with Crippen molar-refractivity contribution in [1.82, 2.24) is 9.97 Å². The van der Waals surface area contributed by atoms with Gasteiger partial charge >= 0.3 is 0 Å². The molecule has 1 unspecified atom stereocenters. The second-order valence-corrected chi connectivity index (χ2v) is 6.70. The highest BCUT2D eigenvalue weighted by Gasteiger charge is 2.11. The van der Waals surface area contributed by atoms with Crippen LogP contribution in [0.25, 0.3) is 33.1 Å². The number of H-pyrrole nitrogens is 1. The fraction of sp³-hybridized carbons (Fsp3) is 0.0556. The molecular formula is C18H14ClN2P. The molecule has 1 atom stereocenters. The van der Waals surface area contributed by atoms with Gasteiger partial charge in [-0.05, 0) is 36.2 Å². The standard InChI is InChI=1S/C18H14ClN2P/c1-22-11-6-7-16-13(8-11)14(10-20-16)18-9-15(19)12-4-2-3-5-17(12)21-18/h2-10,20,22H,1H3. The summed E-state index contributed by atoms with van der Waals surface area (Å²) in [5, 5.41) is 4.28. The third kappa shape index (κ3) is 2.20. The average Bonchev–Trinajstić information content (AvgIpc) is 2.97. The number of aromatic amines is 1. The van der Waals surface area contributed by atoms with Crippen molar-refractivity contribution in [3.05, 3.63) is 59.8 Å². The summed E-state index contributed by atoms with van der Waals surface area (Å²) in [4.78, 5) is 8.11. The summed E-state index contributed by atoms with van der Waals surface area (Å²) in [5.41, 5.74) is 4.06. The van der Waals surface area contributed by atoms with Gasteiger partial charge in [0, 0.05) is 28.0 Å². The molecule has 2 aromatic heterocycles. The number of hydrogen-bond donors (Lipinski definition) is 1. The first-order valence-electron chi connectivity index (χ1n) is 7.11. The van der Waals surface area contributed by atoms with Gasteiger partial charge in [-0.3, -0.25) is 0 Å². The monoisotopic (exact) mass is 324 g/mol. The molecule has 0 aliphatic rings. The van der Waals surface area contributed by atoms with Crippen LogP contribution in [-0.4, -0.2) is 16.6 Å². The molecule has 108 valence electrons. The number of hydrogen-bond acceptors (Lipinski definition) is 1. The lowest BCUT2D eigenvalue weighted by Gasteiger charge is -2.05. The fourth-order valence-corrected chi connectivity index (χ4v) is 3.56. The van der Waals surface area contributed by atoms with Gasteiger partial charge in [0.15, 0.2) is 0 Å². The number of benzene rings is 2. The molecule has 0 saturated carbocycles. The van der Waals surface area contributed by atoms with E-state index in [9.17, 15) is 0 Å². The maximum atomic E-state index is 6.44.